The van der Waals surface area contributed by atoms with Crippen molar-refractivity contribution in [2.45, 2.75) is 26.1 Å². The van der Waals surface area contributed by atoms with Crippen molar-refractivity contribution < 1.29 is 0 Å². The second kappa shape index (κ2) is 9.67. The standard InChI is InChI=1S/C19H27N5/c1-16(24(3)15-17-9-5-4-6-10-17)13-22-19(20-2)23-14-18-11-7-8-12-21-18/h4-12,16H,13-15H2,1-3H3,(H2,20,22,23). The molecule has 1 aromatic heterocycles. The molecule has 0 radical (unpaired) electrons. The molecule has 1 unspecified atom stereocenters. The van der Waals surface area contributed by atoms with Gasteiger partial charge in [-0.05, 0) is 31.7 Å². The fraction of sp³-hybridized carbons (Fsp3) is 0.368. The summed E-state index contributed by atoms with van der Waals surface area (Å²) in [5, 5.41) is 6.66. The smallest absolute Gasteiger partial charge is 0.191 e. The van der Waals surface area contributed by atoms with Gasteiger partial charge in [0.15, 0.2) is 5.96 Å². The predicted octanol–water partition coefficient (Wildman–Crippen LogP) is 2.27. The Hall–Kier alpha value is -2.40. The summed E-state index contributed by atoms with van der Waals surface area (Å²) in [5.74, 6) is 0.792. The van der Waals surface area contributed by atoms with Crippen LogP contribution in [0.4, 0.5) is 0 Å². The summed E-state index contributed by atoms with van der Waals surface area (Å²) >= 11 is 0. The van der Waals surface area contributed by atoms with Crippen LogP contribution < -0.4 is 10.6 Å². The van der Waals surface area contributed by atoms with Crippen LogP contribution in [0.1, 0.15) is 18.2 Å². The highest BCUT2D eigenvalue weighted by Crippen LogP contribution is 2.05. The molecule has 5 heteroatoms. The molecule has 0 bridgehead atoms. The number of nitrogens with one attached hydrogen (secondary N) is 2. The van der Waals surface area contributed by atoms with Gasteiger partial charge < -0.3 is 10.6 Å². The molecule has 1 aromatic carbocycles. The van der Waals surface area contributed by atoms with Crippen LogP contribution in [0, 0.1) is 0 Å². The van der Waals surface area contributed by atoms with E-state index in [9.17, 15) is 0 Å². The first kappa shape index (κ1) is 17.9. The third-order valence-corrected chi connectivity index (χ3v) is 3.98. The van der Waals surface area contributed by atoms with Crippen LogP contribution in [0.15, 0.2) is 59.7 Å². The minimum atomic E-state index is 0.388. The fourth-order valence-electron chi connectivity index (χ4n) is 2.33. The molecular formula is C19H27N5. The third-order valence-electron chi connectivity index (χ3n) is 3.98. The summed E-state index contributed by atoms with van der Waals surface area (Å²) in [7, 11) is 3.93. The Morgan fingerprint density at radius 1 is 1.12 bits per heavy atom. The zero-order chi connectivity index (χ0) is 17.2. The molecule has 0 aliphatic carbocycles. The van der Waals surface area contributed by atoms with Crippen molar-refractivity contribution >= 4 is 5.96 Å². The van der Waals surface area contributed by atoms with E-state index in [1.165, 1.54) is 5.56 Å². The molecule has 2 N–H and O–H groups in total. The van der Waals surface area contributed by atoms with E-state index < -0.39 is 0 Å². The first-order chi connectivity index (χ1) is 11.7. The predicted molar refractivity (Wildman–Crippen MR) is 99.8 cm³/mol. The van der Waals surface area contributed by atoms with Gasteiger partial charge in [0.2, 0.25) is 0 Å². The number of hydrogen-bond acceptors (Lipinski definition) is 3. The Kier molecular flexibility index (Phi) is 7.23. The van der Waals surface area contributed by atoms with E-state index in [1.54, 1.807) is 13.2 Å². The maximum Gasteiger partial charge on any atom is 0.191 e. The van der Waals surface area contributed by atoms with Gasteiger partial charge in [-0.2, -0.15) is 0 Å². The third kappa shape index (κ3) is 6.01. The van der Waals surface area contributed by atoms with Gasteiger partial charge in [0.05, 0.1) is 12.2 Å². The molecule has 0 spiro atoms. The monoisotopic (exact) mass is 325 g/mol. The number of likely N-dealkylation sites (N-methyl/N-ethyl adjacent to an activating group) is 1. The number of nitrogens with zero attached hydrogens (tertiary/aromatic N) is 3. The average molecular weight is 325 g/mol. The van der Waals surface area contributed by atoms with Crippen LogP contribution in [0.2, 0.25) is 0 Å². The van der Waals surface area contributed by atoms with Crippen molar-refractivity contribution in [3.05, 3.63) is 66.0 Å². The number of aromatic nitrogens is 1. The first-order valence-corrected chi connectivity index (χ1v) is 8.27. The van der Waals surface area contributed by atoms with E-state index in [-0.39, 0.29) is 0 Å². The van der Waals surface area contributed by atoms with Crippen LogP contribution in [-0.4, -0.2) is 42.5 Å². The molecule has 1 atom stereocenters. The number of guanidine groups is 1. The van der Waals surface area contributed by atoms with Gasteiger partial charge in [0.25, 0.3) is 0 Å². The lowest BCUT2D eigenvalue weighted by molar-refractivity contribution is 0.249. The zero-order valence-corrected chi connectivity index (χ0v) is 14.7. The number of pyridine rings is 1. The van der Waals surface area contributed by atoms with Gasteiger partial charge in [-0.25, -0.2) is 0 Å². The SMILES string of the molecule is CN=C(NCc1ccccn1)NCC(C)N(C)Cc1ccccc1. The summed E-state index contributed by atoms with van der Waals surface area (Å²) < 4.78 is 0. The van der Waals surface area contributed by atoms with E-state index in [4.69, 9.17) is 0 Å². The molecule has 2 aromatic rings. The Morgan fingerprint density at radius 2 is 1.88 bits per heavy atom. The zero-order valence-electron chi connectivity index (χ0n) is 14.7. The lowest BCUT2D eigenvalue weighted by Crippen LogP contribution is -2.44. The highest BCUT2D eigenvalue weighted by atomic mass is 15.2. The maximum absolute atomic E-state index is 4.30. The summed E-state index contributed by atoms with van der Waals surface area (Å²) in [6, 6.07) is 16.8. The van der Waals surface area contributed by atoms with E-state index in [0.29, 0.717) is 12.6 Å². The van der Waals surface area contributed by atoms with Crippen molar-refractivity contribution in [1.82, 2.24) is 20.5 Å². The van der Waals surface area contributed by atoms with Crippen molar-refractivity contribution in [3.8, 4) is 0 Å². The second-order valence-electron chi connectivity index (χ2n) is 5.88. The Labute approximate surface area is 144 Å². The van der Waals surface area contributed by atoms with Crippen molar-refractivity contribution in [1.29, 1.82) is 0 Å². The second-order valence-corrected chi connectivity index (χ2v) is 5.88. The number of benzene rings is 1. The topological polar surface area (TPSA) is 52.6 Å². The first-order valence-electron chi connectivity index (χ1n) is 8.27. The van der Waals surface area contributed by atoms with E-state index >= 15 is 0 Å². The van der Waals surface area contributed by atoms with Crippen LogP contribution in [-0.2, 0) is 13.1 Å². The maximum atomic E-state index is 4.30. The molecule has 0 aliphatic rings. The van der Waals surface area contributed by atoms with E-state index in [2.05, 4.69) is 63.7 Å². The molecule has 0 amide bonds. The summed E-state index contributed by atoms with van der Waals surface area (Å²) in [4.78, 5) is 10.9. The normalized spacial score (nSPS) is 12.9. The summed E-state index contributed by atoms with van der Waals surface area (Å²) in [6.45, 7) is 4.63. The molecule has 0 fully saturated rings. The molecule has 1 heterocycles. The number of aliphatic imine (C=N–C) groups is 1. The van der Waals surface area contributed by atoms with Gasteiger partial charge in [0.1, 0.15) is 0 Å². The van der Waals surface area contributed by atoms with Crippen molar-refractivity contribution in [2.75, 3.05) is 20.6 Å². The minimum Gasteiger partial charge on any atom is -0.355 e. The average Bonchev–Trinajstić information content (AvgIpc) is 2.63. The fourth-order valence-corrected chi connectivity index (χ4v) is 2.33. The van der Waals surface area contributed by atoms with Gasteiger partial charge in [-0.3, -0.25) is 14.9 Å². The molecule has 0 aliphatic heterocycles. The molecule has 5 nitrogen and oxygen atoms in total. The van der Waals surface area contributed by atoms with Crippen molar-refractivity contribution in [2.24, 2.45) is 4.99 Å². The van der Waals surface area contributed by atoms with Gasteiger partial charge >= 0.3 is 0 Å². The highest BCUT2D eigenvalue weighted by Gasteiger charge is 2.10. The van der Waals surface area contributed by atoms with E-state index in [1.807, 2.05) is 24.3 Å². The quantitative estimate of drug-likeness (QED) is 0.606. The van der Waals surface area contributed by atoms with Gasteiger partial charge in [-0.15, -0.1) is 0 Å². The Bertz CT molecular complexity index is 612. The van der Waals surface area contributed by atoms with Crippen LogP contribution in [0.3, 0.4) is 0 Å². The van der Waals surface area contributed by atoms with Gasteiger partial charge in [0, 0.05) is 32.4 Å². The number of hydrogen-bond donors (Lipinski definition) is 2. The van der Waals surface area contributed by atoms with Crippen LogP contribution in [0.25, 0.3) is 0 Å². The van der Waals surface area contributed by atoms with Gasteiger partial charge in [-0.1, -0.05) is 36.4 Å². The van der Waals surface area contributed by atoms with Crippen LogP contribution in [0.5, 0.6) is 0 Å². The van der Waals surface area contributed by atoms with Crippen molar-refractivity contribution in [3.63, 3.8) is 0 Å². The minimum absolute atomic E-state index is 0.388. The molecule has 0 saturated carbocycles. The molecule has 128 valence electrons. The lowest BCUT2D eigenvalue weighted by atomic mass is 10.2. The summed E-state index contributed by atoms with van der Waals surface area (Å²) in [6.07, 6.45) is 1.80. The molecule has 0 saturated heterocycles. The van der Waals surface area contributed by atoms with Crippen LogP contribution >= 0.6 is 0 Å². The molecule has 24 heavy (non-hydrogen) atoms. The molecule has 2 rings (SSSR count). The molecular weight excluding hydrogens is 298 g/mol. The largest absolute Gasteiger partial charge is 0.355 e. The van der Waals surface area contributed by atoms with E-state index in [0.717, 1.165) is 24.7 Å². The highest BCUT2D eigenvalue weighted by molar-refractivity contribution is 5.79. The lowest BCUT2D eigenvalue weighted by Gasteiger charge is -2.25. The Balaban J connectivity index is 1.75. The number of rotatable bonds is 7. The Morgan fingerprint density at radius 3 is 2.54 bits per heavy atom. The summed E-state index contributed by atoms with van der Waals surface area (Å²) in [5.41, 5.74) is 2.32.